The highest BCUT2D eigenvalue weighted by Crippen LogP contribution is 2.07. The van der Waals surface area contributed by atoms with Crippen molar-refractivity contribution in [2.45, 2.75) is 32.4 Å². The zero-order valence-corrected chi connectivity index (χ0v) is 9.16. The monoisotopic (exact) mass is 198 g/mol. The average Bonchev–Trinajstić information content (AvgIpc) is 2.48. The number of nitrogens with two attached hydrogens (primary N) is 1. The van der Waals surface area contributed by atoms with Gasteiger partial charge in [-0.25, -0.2) is 0 Å². The van der Waals surface area contributed by atoms with E-state index in [0.29, 0.717) is 0 Å². The minimum atomic E-state index is -0.0531. The van der Waals surface area contributed by atoms with E-state index < -0.39 is 0 Å². The molecule has 1 aromatic rings. The Balaban J connectivity index is 2.09. The first-order chi connectivity index (χ1) is 6.08. The Morgan fingerprint density at radius 1 is 1.54 bits per heavy atom. The molecular formula is C10H18N2S. The van der Waals surface area contributed by atoms with Gasteiger partial charge in [0.25, 0.3) is 0 Å². The van der Waals surface area contributed by atoms with E-state index >= 15 is 0 Å². The molecule has 0 aliphatic heterocycles. The molecule has 0 aromatic carbocycles. The zero-order chi connectivity index (χ0) is 9.73. The molecule has 0 atom stereocenters. The maximum absolute atomic E-state index is 5.86. The summed E-state index contributed by atoms with van der Waals surface area (Å²) in [6.07, 6.45) is 1.01. The Morgan fingerprint density at radius 3 is 2.85 bits per heavy atom. The van der Waals surface area contributed by atoms with Crippen molar-refractivity contribution >= 4 is 11.3 Å². The summed E-state index contributed by atoms with van der Waals surface area (Å²) < 4.78 is 0. The lowest BCUT2D eigenvalue weighted by atomic mass is 10.0. The van der Waals surface area contributed by atoms with Crippen molar-refractivity contribution in [2.75, 3.05) is 6.54 Å². The Morgan fingerprint density at radius 2 is 2.31 bits per heavy atom. The third-order valence-corrected chi connectivity index (χ3v) is 2.70. The van der Waals surface area contributed by atoms with Gasteiger partial charge in [0.15, 0.2) is 0 Å². The normalized spacial score (nSPS) is 11.9. The van der Waals surface area contributed by atoms with E-state index in [1.807, 2.05) is 0 Å². The fourth-order valence-electron chi connectivity index (χ4n) is 1.04. The summed E-state index contributed by atoms with van der Waals surface area (Å²) in [5.74, 6) is 0. The van der Waals surface area contributed by atoms with E-state index in [2.05, 4.69) is 36.7 Å². The maximum atomic E-state index is 5.86. The van der Waals surface area contributed by atoms with Crippen LogP contribution in [0, 0.1) is 0 Å². The van der Waals surface area contributed by atoms with E-state index in [9.17, 15) is 0 Å². The lowest BCUT2D eigenvalue weighted by Crippen LogP contribution is -2.35. The van der Waals surface area contributed by atoms with Crippen LogP contribution >= 0.6 is 11.3 Å². The summed E-state index contributed by atoms with van der Waals surface area (Å²) in [4.78, 5) is 1.38. The summed E-state index contributed by atoms with van der Waals surface area (Å²) in [6.45, 7) is 6.06. The van der Waals surface area contributed by atoms with Gasteiger partial charge in [0.1, 0.15) is 0 Å². The minimum Gasteiger partial charge on any atom is -0.326 e. The lowest BCUT2D eigenvalue weighted by molar-refractivity contribution is 0.455. The topological polar surface area (TPSA) is 38.0 Å². The molecule has 0 fully saturated rings. The molecule has 13 heavy (non-hydrogen) atoms. The lowest BCUT2D eigenvalue weighted by Gasteiger charge is -2.18. The summed E-state index contributed by atoms with van der Waals surface area (Å²) in [7, 11) is 0. The highest BCUT2D eigenvalue weighted by molar-refractivity contribution is 7.09. The predicted molar refractivity (Wildman–Crippen MR) is 58.9 cm³/mol. The number of hydrogen-bond donors (Lipinski definition) is 2. The number of hydrogen-bond acceptors (Lipinski definition) is 3. The van der Waals surface area contributed by atoms with Gasteiger partial charge in [-0.3, -0.25) is 0 Å². The Labute approximate surface area is 84.2 Å². The second kappa shape index (κ2) is 4.74. The van der Waals surface area contributed by atoms with Crippen LogP contribution in [0.15, 0.2) is 17.5 Å². The molecule has 3 N–H and O–H groups in total. The molecular weight excluding hydrogens is 180 g/mol. The van der Waals surface area contributed by atoms with Crippen molar-refractivity contribution in [1.82, 2.24) is 5.32 Å². The first-order valence-corrected chi connectivity index (χ1v) is 5.48. The zero-order valence-electron chi connectivity index (χ0n) is 8.34. The standard InChI is InChI=1S/C10H18N2S/c1-10(2,11)5-6-12-8-9-4-3-7-13-9/h3-4,7,12H,5-6,8,11H2,1-2H3. The Kier molecular flexibility index (Phi) is 3.90. The second-order valence-corrected chi connectivity index (χ2v) is 5.03. The SMILES string of the molecule is CC(C)(N)CCNCc1cccs1. The molecule has 0 aliphatic rings. The van der Waals surface area contributed by atoms with E-state index in [4.69, 9.17) is 5.73 Å². The first kappa shape index (κ1) is 10.7. The van der Waals surface area contributed by atoms with Crippen molar-refractivity contribution in [3.8, 4) is 0 Å². The van der Waals surface area contributed by atoms with Crippen LogP contribution in [0.25, 0.3) is 0 Å². The minimum absolute atomic E-state index is 0.0531. The molecule has 0 bridgehead atoms. The Bertz CT molecular complexity index is 224. The van der Waals surface area contributed by atoms with Crippen molar-refractivity contribution < 1.29 is 0 Å². The first-order valence-electron chi connectivity index (χ1n) is 4.60. The van der Waals surface area contributed by atoms with Crippen LogP contribution in [-0.2, 0) is 6.54 Å². The average molecular weight is 198 g/mol. The molecule has 0 saturated carbocycles. The van der Waals surface area contributed by atoms with Crippen molar-refractivity contribution in [1.29, 1.82) is 0 Å². The highest BCUT2D eigenvalue weighted by Gasteiger charge is 2.08. The van der Waals surface area contributed by atoms with Crippen LogP contribution in [0.1, 0.15) is 25.1 Å². The molecule has 3 heteroatoms. The van der Waals surface area contributed by atoms with Crippen molar-refractivity contribution in [3.63, 3.8) is 0 Å². The van der Waals surface area contributed by atoms with E-state index in [1.165, 1.54) is 4.88 Å². The van der Waals surface area contributed by atoms with Gasteiger partial charge in [-0.05, 0) is 38.3 Å². The summed E-state index contributed by atoms with van der Waals surface area (Å²) in [6, 6.07) is 4.22. The van der Waals surface area contributed by atoms with Crippen LogP contribution in [-0.4, -0.2) is 12.1 Å². The van der Waals surface area contributed by atoms with Crippen molar-refractivity contribution in [3.05, 3.63) is 22.4 Å². The predicted octanol–water partition coefficient (Wildman–Crippen LogP) is 1.97. The van der Waals surface area contributed by atoms with Gasteiger partial charge >= 0.3 is 0 Å². The smallest absolute Gasteiger partial charge is 0.0299 e. The van der Waals surface area contributed by atoms with E-state index in [0.717, 1.165) is 19.5 Å². The van der Waals surface area contributed by atoms with Crippen LogP contribution in [0.5, 0.6) is 0 Å². The van der Waals surface area contributed by atoms with Gasteiger partial charge in [-0.15, -0.1) is 11.3 Å². The van der Waals surface area contributed by atoms with Gasteiger partial charge in [-0.1, -0.05) is 6.07 Å². The van der Waals surface area contributed by atoms with Gasteiger partial charge in [0.05, 0.1) is 0 Å². The van der Waals surface area contributed by atoms with Gasteiger partial charge < -0.3 is 11.1 Å². The fourth-order valence-corrected chi connectivity index (χ4v) is 1.71. The molecule has 0 amide bonds. The number of rotatable bonds is 5. The molecule has 2 nitrogen and oxygen atoms in total. The van der Waals surface area contributed by atoms with Gasteiger partial charge in [-0.2, -0.15) is 0 Å². The molecule has 0 aliphatic carbocycles. The highest BCUT2D eigenvalue weighted by atomic mass is 32.1. The molecule has 1 rings (SSSR count). The molecule has 1 aromatic heterocycles. The van der Waals surface area contributed by atoms with E-state index in [1.54, 1.807) is 11.3 Å². The maximum Gasteiger partial charge on any atom is 0.0299 e. The van der Waals surface area contributed by atoms with E-state index in [-0.39, 0.29) is 5.54 Å². The fraction of sp³-hybridized carbons (Fsp3) is 0.600. The third kappa shape index (κ3) is 5.03. The largest absolute Gasteiger partial charge is 0.326 e. The molecule has 0 spiro atoms. The third-order valence-electron chi connectivity index (χ3n) is 1.83. The quantitative estimate of drug-likeness (QED) is 0.710. The number of thiophene rings is 1. The van der Waals surface area contributed by atoms with Gasteiger partial charge in [0, 0.05) is 17.0 Å². The van der Waals surface area contributed by atoms with Crippen LogP contribution < -0.4 is 11.1 Å². The van der Waals surface area contributed by atoms with Crippen LogP contribution in [0.4, 0.5) is 0 Å². The summed E-state index contributed by atoms with van der Waals surface area (Å²) in [5.41, 5.74) is 5.80. The molecule has 0 saturated heterocycles. The summed E-state index contributed by atoms with van der Waals surface area (Å²) >= 11 is 1.79. The van der Waals surface area contributed by atoms with Crippen LogP contribution in [0.2, 0.25) is 0 Å². The summed E-state index contributed by atoms with van der Waals surface area (Å²) in [5, 5.41) is 5.48. The number of nitrogens with one attached hydrogen (secondary N) is 1. The Hall–Kier alpha value is -0.380. The van der Waals surface area contributed by atoms with Crippen LogP contribution in [0.3, 0.4) is 0 Å². The second-order valence-electron chi connectivity index (χ2n) is 3.99. The molecule has 74 valence electrons. The van der Waals surface area contributed by atoms with Crippen molar-refractivity contribution in [2.24, 2.45) is 5.73 Å². The van der Waals surface area contributed by atoms with Gasteiger partial charge in [0.2, 0.25) is 0 Å². The molecule has 0 radical (unpaired) electrons. The molecule has 1 heterocycles. The molecule has 0 unspecified atom stereocenters.